The van der Waals surface area contributed by atoms with Crippen LogP contribution in [0, 0.1) is 6.92 Å². The largest absolute Gasteiger partial charge is 0.383 e. The zero-order chi connectivity index (χ0) is 16.8. The smallest absolute Gasteiger partial charge is 0.317 e. The molecule has 1 aromatic rings. The molecule has 1 aliphatic heterocycles. The van der Waals surface area contributed by atoms with Gasteiger partial charge in [-0.1, -0.05) is 23.2 Å². The second kappa shape index (κ2) is 8.73. The number of methoxy groups -OCH3 is 1. The predicted octanol–water partition coefficient (Wildman–Crippen LogP) is 2.78. The normalized spacial score (nSPS) is 15.7. The van der Waals surface area contributed by atoms with Crippen molar-refractivity contribution in [2.75, 3.05) is 46.4 Å². The highest BCUT2D eigenvalue weighted by atomic mass is 35.5. The number of hydrogen-bond acceptors (Lipinski definition) is 3. The molecule has 128 valence electrons. The van der Waals surface area contributed by atoms with Gasteiger partial charge in [-0.05, 0) is 30.2 Å². The summed E-state index contributed by atoms with van der Waals surface area (Å²) in [6.45, 7) is 7.17. The maximum absolute atomic E-state index is 12.3. The Morgan fingerprint density at radius 3 is 2.57 bits per heavy atom. The van der Waals surface area contributed by atoms with Crippen LogP contribution < -0.4 is 5.32 Å². The maximum Gasteiger partial charge on any atom is 0.317 e. The zero-order valence-corrected chi connectivity index (χ0v) is 15.1. The van der Waals surface area contributed by atoms with E-state index in [1.165, 1.54) is 0 Å². The van der Waals surface area contributed by atoms with Gasteiger partial charge < -0.3 is 15.0 Å². The van der Waals surface area contributed by atoms with E-state index in [0.717, 1.165) is 50.5 Å². The first-order chi connectivity index (χ1) is 11.0. The lowest BCUT2D eigenvalue weighted by Gasteiger charge is -2.34. The first-order valence-electron chi connectivity index (χ1n) is 7.70. The summed E-state index contributed by atoms with van der Waals surface area (Å²) in [5.74, 6) is 0. The Hall–Kier alpha value is -1.01. The Morgan fingerprint density at radius 2 is 1.96 bits per heavy atom. The molecular weight excluding hydrogens is 337 g/mol. The van der Waals surface area contributed by atoms with E-state index in [4.69, 9.17) is 27.9 Å². The highest BCUT2D eigenvalue weighted by Gasteiger charge is 2.20. The molecule has 0 atom stereocenters. The van der Waals surface area contributed by atoms with Crippen LogP contribution in [0.2, 0.25) is 10.0 Å². The summed E-state index contributed by atoms with van der Waals surface area (Å²) in [5, 5.41) is 4.13. The van der Waals surface area contributed by atoms with Crippen LogP contribution in [-0.2, 0) is 11.3 Å². The van der Waals surface area contributed by atoms with Crippen LogP contribution in [0.25, 0.3) is 0 Å². The molecule has 1 fully saturated rings. The van der Waals surface area contributed by atoms with E-state index in [2.05, 4.69) is 10.2 Å². The summed E-state index contributed by atoms with van der Waals surface area (Å²) in [7, 11) is 1.70. The third kappa shape index (κ3) is 5.24. The number of nitrogens with one attached hydrogen (secondary N) is 1. The third-order valence-corrected chi connectivity index (χ3v) is 4.63. The van der Waals surface area contributed by atoms with Crippen LogP contribution in [0.4, 0.5) is 4.79 Å². The zero-order valence-electron chi connectivity index (χ0n) is 13.6. The van der Waals surface area contributed by atoms with Gasteiger partial charge in [-0.15, -0.1) is 0 Å². The number of nitrogens with zero attached hydrogens (tertiary/aromatic N) is 2. The molecule has 0 saturated carbocycles. The van der Waals surface area contributed by atoms with Gasteiger partial charge in [0.1, 0.15) is 0 Å². The molecule has 0 bridgehead atoms. The molecule has 23 heavy (non-hydrogen) atoms. The molecule has 1 saturated heterocycles. The fourth-order valence-electron chi connectivity index (χ4n) is 2.63. The lowest BCUT2D eigenvalue weighted by molar-refractivity contribution is 0.106. The van der Waals surface area contributed by atoms with Gasteiger partial charge in [0.2, 0.25) is 0 Å². The molecular formula is C16H23Cl2N3O2. The van der Waals surface area contributed by atoms with Crippen molar-refractivity contribution in [3.8, 4) is 0 Å². The number of rotatable bonds is 5. The topological polar surface area (TPSA) is 44.8 Å². The first-order valence-corrected chi connectivity index (χ1v) is 8.45. The van der Waals surface area contributed by atoms with E-state index < -0.39 is 0 Å². The Kier molecular flexibility index (Phi) is 6.96. The summed E-state index contributed by atoms with van der Waals surface area (Å²) in [5.41, 5.74) is 1.88. The van der Waals surface area contributed by atoms with Crippen molar-refractivity contribution in [3.63, 3.8) is 0 Å². The molecule has 7 heteroatoms. The molecule has 2 amide bonds. The number of aryl methyl sites for hydroxylation is 1. The molecule has 0 radical (unpaired) electrons. The van der Waals surface area contributed by atoms with Crippen LogP contribution in [0.15, 0.2) is 12.1 Å². The number of benzene rings is 1. The summed E-state index contributed by atoms with van der Waals surface area (Å²) in [4.78, 5) is 16.4. The van der Waals surface area contributed by atoms with Crippen LogP contribution in [-0.4, -0.2) is 62.3 Å². The number of halogens is 2. The van der Waals surface area contributed by atoms with E-state index in [-0.39, 0.29) is 6.03 Å². The van der Waals surface area contributed by atoms with Crippen molar-refractivity contribution in [3.05, 3.63) is 33.3 Å². The SMILES string of the molecule is COCCN1CCN(C(=O)NCc2c(C)cc(Cl)cc2Cl)CC1. The summed E-state index contributed by atoms with van der Waals surface area (Å²) < 4.78 is 5.08. The number of piperazine rings is 1. The molecule has 1 aliphatic rings. The number of hydrogen-bond donors (Lipinski definition) is 1. The van der Waals surface area contributed by atoms with E-state index in [9.17, 15) is 4.79 Å². The fourth-order valence-corrected chi connectivity index (χ4v) is 3.29. The van der Waals surface area contributed by atoms with Crippen LogP contribution in [0.1, 0.15) is 11.1 Å². The summed E-state index contributed by atoms with van der Waals surface area (Å²) in [6, 6.07) is 3.50. The minimum atomic E-state index is -0.0539. The van der Waals surface area contributed by atoms with Gasteiger partial charge in [-0.3, -0.25) is 4.90 Å². The average molecular weight is 360 g/mol. The molecule has 0 aliphatic carbocycles. The third-order valence-electron chi connectivity index (χ3n) is 4.07. The second-order valence-electron chi connectivity index (χ2n) is 5.66. The molecule has 1 N–H and O–H groups in total. The molecule has 5 nitrogen and oxygen atoms in total. The Balaban J connectivity index is 1.82. The number of carbonyl (C=O) groups excluding carboxylic acids is 1. The maximum atomic E-state index is 12.3. The van der Waals surface area contributed by atoms with Gasteiger partial charge in [-0.2, -0.15) is 0 Å². The summed E-state index contributed by atoms with van der Waals surface area (Å²) >= 11 is 12.2. The highest BCUT2D eigenvalue weighted by Crippen LogP contribution is 2.24. The fraction of sp³-hybridized carbons (Fsp3) is 0.562. The van der Waals surface area contributed by atoms with Crippen LogP contribution in [0.3, 0.4) is 0 Å². The minimum Gasteiger partial charge on any atom is -0.383 e. The Bertz CT molecular complexity index is 523. The van der Waals surface area contributed by atoms with E-state index in [1.54, 1.807) is 13.2 Å². The molecule has 0 spiro atoms. The van der Waals surface area contributed by atoms with Gasteiger partial charge in [0.05, 0.1) is 6.61 Å². The van der Waals surface area contributed by atoms with Gasteiger partial charge >= 0.3 is 6.03 Å². The average Bonchev–Trinajstić information content (AvgIpc) is 2.52. The minimum absolute atomic E-state index is 0.0539. The van der Waals surface area contributed by atoms with Crippen molar-refractivity contribution >= 4 is 29.2 Å². The van der Waals surface area contributed by atoms with Gasteiger partial charge in [-0.25, -0.2) is 4.79 Å². The lowest BCUT2D eigenvalue weighted by atomic mass is 10.1. The molecule has 0 aromatic heterocycles. The molecule has 1 heterocycles. The highest BCUT2D eigenvalue weighted by molar-refractivity contribution is 6.35. The van der Waals surface area contributed by atoms with Gasteiger partial charge in [0.25, 0.3) is 0 Å². The molecule has 0 unspecified atom stereocenters. The molecule has 2 rings (SSSR count). The van der Waals surface area contributed by atoms with Gasteiger partial charge in [0.15, 0.2) is 0 Å². The van der Waals surface area contributed by atoms with Crippen LogP contribution in [0.5, 0.6) is 0 Å². The first kappa shape index (κ1) is 18.3. The van der Waals surface area contributed by atoms with Crippen molar-refractivity contribution in [1.82, 2.24) is 15.1 Å². The molecule has 1 aromatic carbocycles. The number of amides is 2. The van der Waals surface area contributed by atoms with Crippen molar-refractivity contribution in [1.29, 1.82) is 0 Å². The van der Waals surface area contributed by atoms with Gasteiger partial charge in [0, 0.05) is 56.4 Å². The monoisotopic (exact) mass is 359 g/mol. The quantitative estimate of drug-likeness (QED) is 0.878. The van der Waals surface area contributed by atoms with E-state index in [0.29, 0.717) is 16.6 Å². The Labute approximate surface area is 147 Å². The van der Waals surface area contributed by atoms with E-state index in [1.807, 2.05) is 17.9 Å². The Morgan fingerprint density at radius 1 is 1.26 bits per heavy atom. The van der Waals surface area contributed by atoms with Crippen molar-refractivity contribution in [2.24, 2.45) is 0 Å². The van der Waals surface area contributed by atoms with Crippen LogP contribution >= 0.6 is 23.2 Å². The lowest BCUT2D eigenvalue weighted by Crippen LogP contribution is -2.52. The number of ether oxygens (including phenoxy) is 1. The summed E-state index contributed by atoms with van der Waals surface area (Å²) in [6.07, 6.45) is 0. The second-order valence-corrected chi connectivity index (χ2v) is 6.51. The predicted molar refractivity (Wildman–Crippen MR) is 93.3 cm³/mol. The van der Waals surface area contributed by atoms with Crippen molar-refractivity contribution < 1.29 is 9.53 Å². The number of carbonyl (C=O) groups is 1. The van der Waals surface area contributed by atoms with E-state index >= 15 is 0 Å². The number of urea groups is 1. The standard InChI is InChI=1S/C16H23Cl2N3O2/c1-12-9-13(17)10-15(18)14(12)11-19-16(22)21-5-3-20(4-6-21)7-8-23-2/h9-10H,3-8,11H2,1-2H3,(H,19,22). The van der Waals surface area contributed by atoms with Crippen molar-refractivity contribution in [2.45, 2.75) is 13.5 Å².